The third-order valence-corrected chi connectivity index (χ3v) is 5.31. The molecule has 1 aliphatic heterocycles. The lowest BCUT2D eigenvalue weighted by Gasteiger charge is -2.14. The first-order valence-corrected chi connectivity index (χ1v) is 9.47. The zero-order valence-corrected chi connectivity index (χ0v) is 16.2. The van der Waals surface area contributed by atoms with Crippen LogP contribution in [-0.4, -0.2) is 16.3 Å². The number of aromatic nitrogens is 2. The molecule has 0 saturated carbocycles. The molecule has 1 aromatic heterocycles. The molecule has 3 nitrogen and oxygen atoms in total. The average Bonchev–Trinajstić information content (AvgIpc) is 3.24. The highest BCUT2D eigenvalue weighted by Gasteiger charge is 2.34. The van der Waals surface area contributed by atoms with E-state index in [1.165, 1.54) is 6.07 Å². The minimum atomic E-state index is -4.51. The summed E-state index contributed by atoms with van der Waals surface area (Å²) in [7, 11) is 0. The average molecular weight is 406 g/mol. The molecule has 2 aromatic carbocycles. The molecule has 0 amide bonds. The Morgan fingerprint density at radius 3 is 2.61 bits per heavy atom. The van der Waals surface area contributed by atoms with E-state index in [4.69, 9.17) is 16.7 Å². The molecule has 4 rings (SSSR count). The number of hydrogen-bond acceptors (Lipinski definition) is 2. The van der Waals surface area contributed by atoms with Gasteiger partial charge in [-0.2, -0.15) is 18.3 Å². The minimum Gasteiger partial charge on any atom is -0.369 e. The minimum absolute atomic E-state index is 0.285. The molecule has 0 aliphatic carbocycles. The Morgan fingerprint density at radius 1 is 1.14 bits per heavy atom. The Hall–Kier alpha value is -2.47. The van der Waals surface area contributed by atoms with E-state index in [2.05, 4.69) is 19.2 Å². The van der Waals surface area contributed by atoms with Crippen molar-refractivity contribution in [1.82, 2.24) is 9.78 Å². The molecule has 0 fully saturated rings. The molecule has 0 radical (unpaired) electrons. The summed E-state index contributed by atoms with van der Waals surface area (Å²) in [5.74, 6) is 1.12. The summed E-state index contributed by atoms with van der Waals surface area (Å²) < 4.78 is 41.7. The van der Waals surface area contributed by atoms with Crippen molar-refractivity contribution >= 4 is 17.4 Å². The van der Waals surface area contributed by atoms with Crippen LogP contribution in [0.4, 0.5) is 19.0 Å². The molecule has 1 aliphatic rings. The van der Waals surface area contributed by atoms with Gasteiger partial charge in [0, 0.05) is 17.7 Å². The number of nitrogens with zero attached hydrogens (tertiary/aromatic N) is 2. The highest BCUT2D eigenvalue weighted by molar-refractivity contribution is 6.31. The van der Waals surface area contributed by atoms with Gasteiger partial charge in [0.2, 0.25) is 0 Å². The number of rotatable bonds is 3. The van der Waals surface area contributed by atoms with Gasteiger partial charge in [-0.05, 0) is 36.1 Å². The summed E-state index contributed by atoms with van der Waals surface area (Å²) in [5.41, 5.74) is 3.11. The smallest absolute Gasteiger partial charge is 0.369 e. The molecular weight excluding hydrogens is 387 g/mol. The van der Waals surface area contributed by atoms with Gasteiger partial charge in [-0.1, -0.05) is 49.7 Å². The molecule has 0 atom stereocenters. The van der Waals surface area contributed by atoms with Crippen molar-refractivity contribution in [1.29, 1.82) is 0 Å². The molecule has 0 saturated heterocycles. The van der Waals surface area contributed by atoms with Gasteiger partial charge in [0.05, 0.1) is 22.0 Å². The molecule has 2 heterocycles. The fourth-order valence-corrected chi connectivity index (χ4v) is 3.86. The number of benzene rings is 2. The number of alkyl halides is 3. The lowest BCUT2D eigenvalue weighted by molar-refractivity contribution is -0.137. The van der Waals surface area contributed by atoms with Crippen LogP contribution in [0, 0.1) is 0 Å². The van der Waals surface area contributed by atoms with Crippen LogP contribution >= 0.6 is 11.6 Å². The van der Waals surface area contributed by atoms with Crippen LogP contribution in [0.15, 0.2) is 42.5 Å². The van der Waals surface area contributed by atoms with Crippen molar-refractivity contribution in [2.75, 3.05) is 11.9 Å². The van der Waals surface area contributed by atoms with Gasteiger partial charge in [0.25, 0.3) is 0 Å². The Balaban J connectivity index is 1.90. The lowest BCUT2D eigenvalue weighted by atomic mass is 10.0. The maximum atomic E-state index is 13.3. The van der Waals surface area contributed by atoms with Crippen LogP contribution in [0.2, 0.25) is 5.02 Å². The molecule has 146 valence electrons. The maximum absolute atomic E-state index is 13.3. The highest BCUT2D eigenvalue weighted by atomic mass is 35.5. The van der Waals surface area contributed by atoms with Crippen LogP contribution in [-0.2, 0) is 12.6 Å². The Kier molecular flexibility index (Phi) is 4.62. The second kappa shape index (κ2) is 6.85. The normalized spacial score (nSPS) is 13.7. The summed E-state index contributed by atoms with van der Waals surface area (Å²) in [4.78, 5) is 0. The summed E-state index contributed by atoms with van der Waals surface area (Å²) in [5, 5.41) is 7.73. The van der Waals surface area contributed by atoms with Crippen LogP contribution in [0.5, 0.6) is 0 Å². The van der Waals surface area contributed by atoms with Crippen molar-refractivity contribution in [3.63, 3.8) is 0 Å². The zero-order chi connectivity index (χ0) is 20.1. The number of para-hydroxylation sites is 1. The molecule has 0 spiro atoms. The topological polar surface area (TPSA) is 29.9 Å². The zero-order valence-electron chi connectivity index (χ0n) is 15.4. The number of nitrogens with one attached hydrogen (secondary N) is 1. The van der Waals surface area contributed by atoms with Crippen LogP contribution in [0.25, 0.3) is 16.9 Å². The predicted molar refractivity (Wildman–Crippen MR) is 105 cm³/mol. The first-order valence-electron chi connectivity index (χ1n) is 9.09. The van der Waals surface area contributed by atoms with E-state index in [9.17, 15) is 13.2 Å². The summed E-state index contributed by atoms with van der Waals surface area (Å²) in [6, 6.07) is 11.9. The fourth-order valence-electron chi connectivity index (χ4n) is 3.64. The van der Waals surface area contributed by atoms with Crippen molar-refractivity contribution in [2.24, 2.45) is 0 Å². The molecule has 28 heavy (non-hydrogen) atoms. The van der Waals surface area contributed by atoms with Crippen molar-refractivity contribution in [2.45, 2.75) is 32.4 Å². The van der Waals surface area contributed by atoms with E-state index in [1.54, 1.807) is 6.07 Å². The molecule has 0 bridgehead atoms. The Morgan fingerprint density at radius 2 is 1.89 bits per heavy atom. The van der Waals surface area contributed by atoms with E-state index in [0.717, 1.165) is 35.2 Å². The van der Waals surface area contributed by atoms with Gasteiger partial charge in [-0.25, -0.2) is 4.68 Å². The standard InChI is InChI=1S/C21H19ClF3N3/c1-12(2)14-5-3-4-6-18(14)28-20-15(9-10-26-20)19(27-28)13-7-8-17(22)16(11-13)21(23,24)25/h3-8,11-12,26H,9-10H2,1-2H3. The van der Waals surface area contributed by atoms with Crippen LogP contribution in [0.1, 0.15) is 36.5 Å². The van der Waals surface area contributed by atoms with Gasteiger partial charge in [0.15, 0.2) is 0 Å². The molecule has 7 heteroatoms. The van der Waals surface area contributed by atoms with Crippen molar-refractivity contribution in [3.05, 3.63) is 64.2 Å². The van der Waals surface area contributed by atoms with Gasteiger partial charge >= 0.3 is 6.18 Å². The van der Waals surface area contributed by atoms with E-state index < -0.39 is 11.7 Å². The van der Waals surface area contributed by atoms with E-state index in [1.807, 2.05) is 28.9 Å². The van der Waals surface area contributed by atoms with Crippen LogP contribution < -0.4 is 5.32 Å². The quantitative estimate of drug-likeness (QED) is 0.554. The van der Waals surface area contributed by atoms with E-state index in [0.29, 0.717) is 17.7 Å². The maximum Gasteiger partial charge on any atom is 0.417 e. The number of anilines is 1. The number of fused-ring (bicyclic) bond motifs is 1. The Labute approximate surface area is 166 Å². The van der Waals surface area contributed by atoms with Crippen molar-refractivity contribution in [3.8, 4) is 16.9 Å². The molecular formula is C21H19ClF3N3. The largest absolute Gasteiger partial charge is 0.417 e. The van der Waals surface area contributed by atoms with Gasteiger partial charge < -0.3 is 5.32 Å². The molecule has 1 N–H and O–H groups in total. The van der Waals surface area contributed by atoms with Gasteiger partial charge in [0.1, 0.15) is 5.82 Å². The second-order valence-corrected chi connectivity index (χ2v) is 7.58. The second-order valence-electron chi connectivity index (χ2n) is 7.17. The van der Waals surface area contributed by atoms with E-state index in [-0.39, 0.29) is 10.9 Å². The molecule has 3 aromatic rings. The van der Waals surface area contributed by atoms with Crippen molar-refractivity contribution < 1.29 is 13.2 Å². The summed E-state index contributed by atoms with van der Waals surface area (Å²) >= 11 is 5.78. The lowest BCUT2D eigenvalue weighted by Crippen LogP contribution is -2.08. The highest BCUT2D eigenvalue weighted by Crippen LogP contribution is 2.40. The number of halogens is 4. The predicted octanol–water partition coefficient (Wildman–Crippen LogP) is 6.30. The third-order valence-electron chi connectivity index (χ3n) is 4.98. The van der Waals surface area contributed by atoms with E-state index >= 15 is 0 Å². The third kappa shape index (κ3) is 3.15. The monoisotopic (exact) mass is 405 g/mol. The number of hydrogen-bond donors (Lipinski definition) is 1. The first-order chi connectivity index (χ1) is 13.3. The Bertz CT molecular complexity index is 1040. The van der Waals surface area contributed by atoms with Gasteiger partial charge in [-0.15, -0.1) is 0 Å². The SMILES string of the molecule is CC(C)c1ccccc1-n1nc(-c2ccc(Cl)c(C(F)(F)F)c2)c2c1NCC2. The molecule has 0 unspecified atom stereocenters. The summed E-state index contributed by atoms with van der Waals surface area (Å²) in [6.45, 7) is 4.93. The van der Waals surface area contributed by atoms with Crippen LogP contribution in [0.3, 0.4) is 0 Å². The fraction of sp³-hybridized carbons (Fsp3) is 0.286. The first kappa shape index (κ1) is 18.9. The van der Waals surface area contributed by atoms with Gasteiger partial charge in [-0.3, -0.25) is 0 Å². The summed E-state index contributed by atoms with van der Waals surface area (Å²) in [6.07, 6.45) is -3.81.